The van der Waals surface area contributed by atoms with Gasteiger partial charge in [0, 0.05) is 0 Å². The third-order valence-electron chi connectivity index (χ3n) is 0.236. The van der Waals surface area contributed by atoms with Crippen molar-refractivity contribution in [2.75, 3.05) is 0 Å². The largest absolute Gasteiger partial charge is 0.266 e. The van der Waals surface area contributed by atoms with Crippen molar-refractivity contribution in [3.8, 4) is 0 Å². The molecule has 0 spiro atoms. The Morgan fingerprint density at radius 3 is 1.60 bits per heavy atom. The molecule has 0 N–H and O–H groups in total. The number of hydrogen-bond donors (Lipinski definition) is 0. The lowest BCUT2D eigenvalue weighted by molar-refractivity contribution is 0.702. The van der Waals surface area contributed by atoms with Crippen LogP contribution in [-0.4, -0.2) is 4.21 Å². The van der Waals surface area contributed by atoms with E-state index in [1.54, 1.807) is 12.5 Å². The zero-order valence-electron chi connectivity index (χ0n) is 2.77. The second-order valence-corrected chi connectivity index (χ2v) is 0.707. The third kappa shape index (κ3) is 17.5. The predicted octanol–water partition coefficient (Wildman–Crippen LogP) is 0.0746. The van der Waals surface area contributed by atoms with E-state index in [1.165, 1.54) is 6.42 Å². The molecule has 0 radical (unpaired) electrons. The molecule has 0 aromatic carbocycles. The first-order valence-electron chi connectivity index (χ1n) is 1.35. The van der Waals surface area contributed by atoms with Crippen molar-refractivity contribution in [2.45, 2.75) is 6.42 Å². The molecule has 0 atom stereocenters. The van der Waals surface area contributed by atoms with Crippen LogP contribution in [0.25, 0.3) is 0 Å². The molecular formula is C3H6OS. The normalized spacial score (nSPS) is 12.2. The van der Waals surface area contributed by atoms with Gasteiger partial charge in [0.25, 0.3) is 0 Å². The minimum absolute atomic E-state index is 1.25. The first kappa shape index (κ1) is 4.89. The van der Waals surface area contributed by atoms with Crippen molar-refractivity contribution in [3.63, 3.8) is 0 Å². The lowest BCUT2D eigenvalue weighted by Crippen LogP contribution is -0.956. The molecule has 0 saturated heterocycles. The monoisotopic (exact) mass is 90.0 g/mol. The summed E-state index contributed by atoms with van der Waals surface area (Å²) in [6.07, 6.45) is 5.50. The summed E-state index contributed by atoms with van der Waals surface area (Å²) in [5, 5.41) is 0. The maximum atomic E-state index is 8.06. The second-order valence-electron chi connectivity index (χ2n) is 0.707. The molecule has 30 valence electrons. The van der Waals surface area contributed by atoms with Gasteiger partial charge in [-0.2, -0.15) is 0 Å². The van der Waals surface area contributed by atoms with Crippen molar-refractivity contribution < 1.29 is 4.21 Å². The van der Waals surface area contributed by atoms with Crippen molar-refractivity contribution in [2.24, 2.45) is 0 Å². The fraction of sp³-hybridized carbons (Fsp3) is 0.333. The van der Waals surface area contributed by atoms with E-state index in [4.69, 9.17) is 4.21 Å². The highest BCUT2D eigenvalue weighted by Gasteiger charge is 1.75. The van der Waals surface area contributed by atoms with Gasteiger partial charge in [0.1, 0.15) is 0 Å². The zero-order chi connectivity index (χ0) is 4.12. The number of rotatable bonds is 0. The number of hydrogen-bond acceptors (Lipinski definition) is 1. The minimum Gasteiger partial charge on any atom is -0.266 e. The first-order valence-corrected chi connectivity index (χ1v) is 1.76. The molecule has 0 fully saturated rings. The second kappa shape index (κ2) is 3.89. The molecule has 0 aliphatic heterocycles. The SMILES string of the molecule is C1=CC1.O=[SH2]. The van der Waals surface area contributed by atoms with Gasteiger partial charge in [0.15, 0.2) is 0 Å². The van der Waals surface area contributed by atoms with Crippen molar-refractivity contribution in [3.05, 3.63) is 12.2 Å². The average Bonchev–Trinajstić information content (AvgIpc) is 2.19. The predicted molar refractivity (Wildman–Crippen MR) is 24.7 cm³/mol. The summed E-state index contributed by atoms with van der Waals surface area (Å²) in [7, 11) is 0. The van der Waals surface area contributed by atoms with Crippen LogP contribution in [0.4, 0.5) is 0 Å². The highest BCUT2D eigenvalue weighted by atomic mass is 32.1. The Bertz CT molecular complexity index is 38.2. The van der Waals surface area contributed by atoms with E-state index in [1.807, 2.05) is 0 Å². The fourth-order valence-corrected chi connectivity index (χ4v) is 0. The summed E-state index contributed by atoms with van der Waals surface area (Å²) in [6, 6.07) is 0. The summed E-state index contributed by atoms with van der Waals surface area (Å²) in [5.41, 5.74) is 0. The van der Waals surface area contributed by atoms with Crippen LogP contribution in [0, 0.1) is 0 Å². The smallest absolute Gasteiger partial charge is 0.00591 e. The summed E-state index contributed by atoms with van der Waals surface area (Å²) < 4.78 is 8.06. The van der Waals surface area contributed by atoms with Gasteiger partial charge in [-0.25, -0.2) is 0 Å². The Kier molecular flexibility index (Phi) is 3.80. The molecule has 0 heterocycles. The van der Waals surface area contributed by atoms with Gasteiger partial charge in [-0.3, -0.25) is 4.21 Å². The van der Waals surface area contributed by atoms with Gasteiger partial charge in [0.05, 0.1) is 0 Å². The van der Waals surface area contributed by atoms with Gasteiger partial charge in [-0.15, -0.1) is 0 Å². The van der Waals surface area contributed by atoms with Gasteiger partial charge < -0.3 is 0 Å². The van der Waals surface area contributed by atoms with Crippen LogP contribution in [0.1, 0.15) is 6.42 Å². The molecular weight excluding hydrogens is 84.1 g/mol. The Morgan fingerprint density at radius 2 is 1.60 bits per heavy atom. The molecule has 1 aliphatic carbocycles. The summed E-state index contributed by atoms with van der Waals surface area (Å²) in [4.78, 5) is 0. The van der Waals surface area contributed by atoms with E-state index in [9.17, 15) is 0 Å². The van der Waals surface area contributed by atoms with Crippen LogP contribution < -0.4 is 0 Å². The minimum atomic E-state index is 1.25. The van der Waals surface area contributed by atoms with Crippen LogP contribution in [0.2, 0.25) is 0 Å². The Balaban J connectivity index is 0.0000000733. The molecule has 1 aliphatic rings. The Hall–Kier alpha value is -0.110. The maximum absolute atomic E-state index is 8.06. The summed E-state index contributed by atoms with van der Waals surface area (Å²) in [6.45, 7) is 0. The molecule has 0 unspecified atom stereocenters. The highest BCUT2D eigenvalue weighted by molar-refractivity contribution is 7.44. The van der Waals surface area contributed by atoms with Crippen LogP contribution in [-0.2, 0) is 12.5 Å². The van der Waals surface area contributed by atoms with E-state index in [0.29, 0.717) is 0 Å². The van der Waals surface area contributed by atoms with Gasteiger partial charge >= 0.3 is 0 Å². The molecule has 1 nitrogen and oxygen atoms in total. The highest BCUT2D eigenvalue weighted by Crippen LogP contribution is 1.96. The molecule has 0 bridgehead atoms. The summed E-state index contributed by atoms with van der Waals surface area (Å²) in [5.74, 6) is 0. The van der Waals surface area contributed by atoms with E-state index >= 15 is 0 Å². The molecule has 2 heteroatoms. The molecule has 0 aromatic heterocycles. The van der Waals surface area contributed by atoms with Crippen LogP contribution in [0.3, 0.4) is 0 Å². The fourth-order valence-electron chi connectivity index (χ4n) is 0. The van der Waals surface area contributed by atoms with Gasteiger partial charge in [-0.05, 0) is 19.0 Å². The molecule has 1 rings (SSSR count). The third-order valence-corrected chi connectivity index (χ3v) is 0.236. The van der Waals surface area contributed by atoms with Crippen LogP contribution in [0.5, 0.6) is 0 Å². The molecule has 0 saturated carbocycles. The van der Waals surface area contributed by atoms with Crippen molar-refractivity contribution in [1.82, 2.24) is 0 Å². The topological polar surface area (TPSA) is 17.1 Å². The lowest BCUT2D eigenvalue weighted by atomic mass is 10.9. The van der Waals surface area contributed by atoms with Crippen LogP contribution in [0.15, 0.2) is 12.2 Å². The maximum Gasteiger partial charge on any atom is -0.00591 e. The van der Waals surface area contributed by atoms with Crippen molar-refractivity contribution in [1.29, 1.82) is 0 Å². The van der Waals surface area contributed by atoms with Crippen LogP contribution >= 0.6 is 0 Å². The number of allylic oxidation sites excluding steroid dienone is 2. The standard InChI is InChI=1S/C3H4.H2OS/c1-2-3-1;1-2/h1-2H,3H2;2H2. The molecule has 5 heavy (non-hydrogen) atoms. The first-order chi connectivity index (χ1) is 2.50. The zero-order valence-corrected chi connectivity index (χ0v) is 3.77. The van der Waals surface area contributed by atoms with E-state index in [2.05, 4.69) is 12.2 Å². The van der Waals surface area contributed by atoms with Crippen molar-refractivity contribution >= 4 is 12.5 Å². The van der Waals surface area contributed by atoms with Gasteiger partial charge in [-0.1, -0.05) is 12.2 Å². The van der Waals surface area contributed by atoms with E-state index in [0.717, 1.165) is 0 Å². The van der Waals surface area contributed by atoms with E-state index in [-0.39, 0.29) is 0 Å². The molecule has 0 amide bonds. The van der Waals surface area contributed by atoms with E-state index < -0.39 is 0 Å². The van der Waals surface area contributed by atoms with Gasteiger partial charge in [0.2, 0.25) is 0 Å². The Morgan fingerprint density at radius 1 is 1.40 bits per heavy atom. The quantitative estimate of drug-likeness (QED) is 0.385. The Labute approximate surface area is 36.2 Å². The molecule has 0 aromatic rings. The lowest BCUT2D eigenvalue weighted by Gasteiger charge is -1.15. The average molecular weight is 90.1 g/mol. The summed E-state index contributed by atoms with van der Waals surface area (Å²) >= 11 is 1.72.